The second kappa shape index (κ2) is 6.96. The molecule has 0 aliphatic rings. The summed E-state index contributed by atoms with van der Waals surface area (Å²) in [6, 6.07) is 7.23. The number of hydrogen-bond acceptors (Lipinski definition) is 4. The molecule has 24 heavy (non-hydrogen) atoms. The highest BCUT2D eigenvalue weighted by Gasteiger charge is 2.22. The summed E-state index contributed by atoms with van der Waals surface area (Å²) in [4.78, 5) is 12.5. The van der Waals surface area contributed by atoms with E-state index in [9.17, 15) is 13.2 Å². The number of amides is 1. The van der Waals surface area contributed by atoms with Crippen molar-refractivity contribution in [3.63, 3.8) is 0 Å². The van der Waals surface area contributed by atoms with E-state index in [-0.39, 0.29) is 21.5 Å². The van der Waals surface area contributed by atoms with Crippen LogP contribution in [-0.2, 0) is 10.0 Å². The van der Waals surface area contributed by atoms with Gasteiger partial charge in [-0.15, -0.1) is 0 Å². The average Bonchev–Trinajstić information content (AvgIpc) is 2.93. The SMILES string of the molecule is Cc1ccc(C(C)NC(=O)c2cc(S(=O)(=O)N(C)C)ccc2Cl)o1. The molecule has 8 heteroatoms. The molecule has 0 saturated heterocycles. The Kier molecular flexibility index (Phi) is 5.37. The van der Waals surface area contributed by atoms with Crippen molar-refractivity contribution >= 4 is 27.5 Å². The highest BCUT2D eigenvalue weighted by atomic mass is 35.5. The van der Waals surface area contributed by atoms with Gasteiger partial charge in [-0.3, -0.25) is 4.79 Å². The molecule has 1 aromatic carbocycles. The van der Waals surface area contributed by atoms with Crippen molar-refractivity contribution in [3.8, 4) is 0 Å². The number of carbonyl (C=O) groups excluding carboxylic acids is 1. The molecule has 1 N–H and O–H groups in total. The van der Waals surface area contributed by atoms with Gasteiger partial charge in [0, 0.05) is 14.1 Å². The largest absolute Gasteiger partial charge is 0.464 e. The number of furan rings is 1. The molecule has 0 radical (unpaired) electrons. The van der Waals surface area contributed by atoms with Crippen molar-refractivity contribution in [3.05, 3.63) is 52.4 Å². The number of rotatable bonds is 5. The fourth-order valence-corrected chi connectivity index (χ4v) is 3.21. The molecule has 1 heterocycles. The number of nitrogens with one attached hydrogen (secondary N) is 1. The smallest absolute Gasteiger partial charge is 0.253 e. The summed E-state index contributed by atoms with van der Waals surface area (Å²) in [6.45, 7) is 3.58. The van der Waals surface area contributed by atoms with E-state index in [1.165, 1.54) is 32.3 Å². The summed E-state index contributed by atoms with van der Waals surface area (Å²) in [5.41, 5.74) is 0.0923. The van der Waals surface area contributed by atoms with Crippen LogP contribution in [0.25, 0.3) is 0 Å². The predicted octanol–water partition coefficient (Wildman–Crippen LogP) is 2.98. The van der Waals surface area contributed by atoms with Crippen LogP contribution in [0.4, 0.5) is 0 Å². The van der Waals surface area contributed by atoms with Crippen LogP contribution in [0.15, 0.2) is 39.6 Å². The number of sulfonamides is 1. The van der Waals surface area contributed by atoms with Gasteiger partial charge in [-0.1, -0.05) is 11.6 Å². The fourth-order valence-electron chi connectivity index (χ4n) is 2.08. The predicted molar refractivity (Wildman–Crippen MR) is 91.7 cm³/mol. The first-order valence-corrected chi connectivity index (χ1v) is 9.04. The molecule has 0 spiro atoms. The Morgan fingerprint density at radius 3 is 2.46 bits per heavy atom. The molecule has 0 saturated carbocycles. The third kappa shape index (κ3) is 3.80. The van der Waals surface area contributed by atoms with Crippen molar-refractivity contribution < 1.29 is 17.6 Å². The van der Waals surface area contributed by atoms with E-state index in [4.69, 9.17) is 16.0 Å². The molecule has 6 nitrogen and oxygen atoms in total. The molecule has 1 aromatic heterocycles. The number of benzene rings is 1. The molecule has 2 rings (SSSR count). The molecule has 1 amide bonds. The van der Waals surface area contributed by atoms with Gasteiger partial charge >= 0.3 is 0 Å². The Bertz CT molecular complexity index is 859. The van der Waals surface area contributed by atoms with Crippen molar-refractivity contribution in [1.29, 1.82) is 0 Å². The Morgan fingerprint density at radius 2 is 1.92 bits per heavy atom. The van der Waals surface area contributed by atoms with Crippen LogP contribution in [0, 0.1) is 6.92 Å². The lowest BCUT2D eigenvalue weighted by Gasteiger charge is -2.15. The Morgan fingerprint density at radius 1 is 1.25 bits per heavy atom. The maximum absolute atomic E-state index is 12.5. The Labute approximate surface area is 146 Å². The maximum Gasteiger partial charge on any atom is 0.253 e. The highest BCUT2D eigenvalue weighted by molar-refractivity contribution is 7.89. The molecule has 2 aromatic rings. The van der Waals surface area contributed by atoms with E-state index in [2.05, 4.69) is 5.32 Å². The third-order valence-electron chi connectivity index (χ3n) is 3.50. The summed E-state index contributed by atoms with van der Waals surface area (Å²) in [5, 5.41) is 2.92. The average molecular weight is 371 g/mol. The number of hydrogen-bond donors (Lipinski definition) is 1. The van der Waals surface area contributed by atoms with Gasteiger partial charge in [-0.25, -0.2) is 12.7 Å². The Hall–Kier alpha value is -1.83. The molecular formula is C16H19ClN2O4S. The van der Waals surface area contributed by atoms with Gasteiger partial charge in [-0.05, 0) is 44.2 Å². The number of aryl methyl sites for hydroxylation is 1. The molecular weight excluding hydrogens is 352 g/mol. The van der Waals surface area contributed by atoms with E-state index in [1.807, 2.05) is 6.92 Å². The van der Waals surface area contributed by atoms with Gasteiger partial charge in [0.2, 0.25) is 10.0 Å². The first-order chi connectivity index (χ1) is 11.1. The van der Waals surface area contributed by atoms with Crippen LogP contribution in [0.1, 0.15) is 34.8 Å². The molecule has 0 aliphatic heterocycles. The first-order valence-electron chi connectivity index (χ1n) is 7.22. The topological polar surface area (TPSA) is 79.6 Å². The lowest BCUT2D eigenvalue weighted by molar-refractivity contribution is 0.0935. The van der Waals surface area contributed by atoms with Crippen LogP contribution in [0.5, 0.6) is 0 Å². The summed E-state index contributed by atoms with van der Waals surface area (Å²) >= 11 is 6.06. The van der Waals surface area contributed by atoms with Gasteiger partial charge < -0.3 is 9.73 Å². The van der Waals surface area contributed by atoms with Crippen LogP contribution < -0.4 is 5.32 Å². The summed E-state index contributed by atoms with van der Waals surface area (Å²) in [5.74, 6) is 0.870. The summed E-state index contributed by atoms with van der Waals surface area (Å²) in [6.07, 6.45) is 0. The standard InChI is InChI=1S/C16H19ClN2O4S/c1-10-5-8-15(23-10)11(2)18-16(20)13-9-12(6-7-14(13)17)24(21,22)19(3)4/h5-9,11H,1-4H3,(H,18,20). The minimum Gasteiger partial charge on any atom is -0.464 e. The normalized spacial score (nSPS) is 13.1. The zero-order chi connectivity index (χ0) is 18.1. The molecule has 0 fully saturated rings. The number of nitrogens with zero attached hydrogens (tertiary/aromatic N) is 1. The van der Waals surface area contributed by atoms with E-state index >= 15 is 0 Å². The quantitative estimate of drug-likeness (QED) is 0.877. The molecule has 0 bridgehead atoms. The van der Waals surface area contributed by atoms with Crippen LogP contribution in [-0.4, -0.2) is 32.7 Å². The monoisotopic (exact) mass is 370 g/mol. The summed E-state index contributed by atoms with van der Waals surface area (Å²) < 4.78 is 30.9. The Balaban J connectivity index is 2.29. The lowest BCUT2D eigenvalue weighted by atomic mass is 10.2. The van der Waals surface area contributed by atoms with Crippen LogP contribution in [0.2, 0.25) is 5.02 Å². The van der Waals surface area contributed by atoms with E-state index < -0.39 is 15.9 Å². The molecule has 130 valence electrons. The first kappa shape index (κ1) is 18.5. The van der Waals surface area contributed by atoms with Crippen molar-refractivity contribution in [2.45, 2.75) is 24.8 Å². The van der Waals surface area contributed by atoms with E-state index in [1.54, 1.807) is 19.1 Å². The minimum atomic E-state index is -3.65. The van der Waals surface area contributed by atoms with Gasteiger partial charge in [0.05, 0.1) is 21.5 Å². The van der Waals surface area contributed by atoms with Gasteiger partial charge in [0.1, 0.15) is 11.5 Å². The van der Waals surface area contributed by atoms with Gasteiger partial charge in [0.15, 0.2) is 0 Å². The number of halogens is 1. The van der Waals surface area contributed by atoms with Crippen molar-refractivity contribution in [2.75, 3.05) is 14.1 Å². The molecule has 0 aliphatic carbocycles. The molecule has 1 unspecified atom stereocenters. The summed E-state index contributed by atoms with van der Waals surface area (Å²) in [7, 11) is -0.808. The second-order valence-corrected chi connectivity index (χ2v) is 8.13. The van der Waals surface area contributed by atoms with Crippen molar-refractivity contribution in [1.82, 2.24) is 9.62 Å². The molecule has 1 atom stereocenters. The third-order valence-corrected chi connectivity index (χ3v) is 5.64. The second-order valence-electron chi connectivity index (χ2n) is 5.57. The lowest BCUT2D eigenvalue weighted by Crippen LogP contribution is -2.27. The van der Waals surface area contributed by atoms with Gasteiger partial charge in [-0.2, -0.15) is 0 Å². The van der Waals surface area contributed by atoms with Gasteiger partial charge in [0.25, 0.3) is 5.91 Å². The zero-order valence-corrected chi connectivity index (χ0v) is 15.4. The minimum absolute atomic E-state index is 0.00328. The maximum atomic E-state index is 12.5. The van der Waals surface area contributed by atoms with E-state index in [0.29, 0.717) is 5.76 Å². The van der Waals surface area contributed by atoms with Crippen molar-refractivity contribution in [2.24, 2.45) is 0 Å². The zero-order valence-electron chi connectivity index (χ0n) is 13.8. The van der Waals surface area contributed by atoms with E-state index in [0.717, 1.165) is 10.1 Å². The fraction of sp³-hybridized carbons (Fsp3) is 0.312. The highest BCUT2D eigenvalue weighted by Crippen LogP contribution is 2.23. The number of carbonyl (C=O) groups is 1. The van der Waals surface area contributed by atoms with Crippen LogP contribution in [0.3, 0.4) is 0 Å². The van der Waals surface area contributed by atoms with Crippen LogP contribution >= 0.6 is 11.6 Å².